The van der Waals surface area contributed by atoms with Crippen molar-refractivity contribution in [3.8, 4) is 0 Å². The Labute approximate surface area is 99.0 Å². The zero-order valence-corrected chi connectivity index (χ0v) is 10.3. The van der Waals surface area contributed by atoms with Gasteiger partial charge in [-0.05, 0) is 13.0 Å². The molecule has 0 amide bonds. The Bertz CT molecular complexity index is 536. The number of rotatable bonds is 4. The fourth-order valence-corrected chi connectivity index (χ4v) is 2.44. The Balaban J connectivity index is 3.49. The van der Waals surface area contributed by atoms with E-state index in [4.69, 9.17) is 0 Å². The molecule has 7 heteroatoms. The van der Waals surface area contributed by atoms with Gasteiger partial charge in [0, 0.05) is 18.2 Å². The van der Waals surface area contributed by atoms with Gasteiger partial charge in [0.15, 0.2) is 9.84 Å². The van der Waals surface area contributed by atoms with Gasteiger partial charge in [-0.2, -0.15) is 0 Å². The molecule has 0 fully saturated rings. The molecule has 0 aliphatic heterocycles. The standard InChI is InChI=1S/C10H13NO5S/c1-7(12)6-8-4-3-5-9(17(2,15)16)10(8)11(13)14/h3-5,7,12H,6H2,1-2H3. The molecule has 6 nitrogen and oxygen atoms in total. The number of hydrogen-bond donors (Lipinski definition) is 1. The smallest absolute Gasteiger partial charge is 0.291 e. The van der Waals surface area contributed by atoms with Gasteiger partial charge in [-0.1, -0.05) is 12.1 Å². The molecule has 0 saturated heterocycles. The number of para-hydroxylation sites is 1. The lowest BCUT2D eigenvalue weighted by atomic mass is 10.1. The number of nitrogens with zero attached hydrogens (tertiary/aromatic N) is 1. The molecule has 0 aliphatic carbocycles. The topological polar surface area (TPSA) is 97.5 Å². The molecule has 1 unspecified atom stereocenters. The normalized spacial score (nSPS) is 13.4. The van der Waals surface area contributed by atoms with Crippen molar-refractivity contribution in [2.75, 3.05) is 6.26 Å². The number of aliphatic hydroxyl groups is 1. The van der Waals surface area contributed by atoms with E-state index < -0.39 is 26.6 Å². The minimum atomic E-state index is -3.66. The van der Waals surface area contributed by atoms with Crippen LogP contribution in [0, 0.1) is 10.1 Å². The summed E-state index contributed by atoms with van der Waals surface area (Å²) in [6.07, 6.45) is 0.185. The van der Waals surface area contributed by atoms with Crippen molar-refractivity contribution in [1.29, 1.82) is 0 Å². The van der Waals surface area contributed by atoms with Gasteiger partial charge in [-0.3, -0.25) is 10.1 Å². The van der Waals surface area contributed by atoms with Gasteiger partial charge in [0.2, 0.25) is 0 Å². The SMILES string of the molecule is CC(O)Cc1cccc(S(C)(=O)=O)c1[N+](=O)[O-]. The monoisotopic (exact) mass is 259 g/mol. The molecular formula is C10H13NO5S. The minimum absolute atomic E-state index is 0.0413. The van der Waals surface area contributed by atoms with E-state index in [0.29, 0.717) is 0 Å². The predicted octanol–water partition coefficient (Wildman–Crippen LogP) is 0.922. The summed E-state index contributed by atoms with van der Waals surface area (Å²) in [6.45, 7) is 1.48. The van der Waals surface area contributed by atoms with Gasteiger partial charge in [0.05, 0.1) is 11.0 Å². The minimum Gasteiger partial charge on any atom is -0.393 e. The van der Waals surface area contributed by atoms with E-state index in [1.54, 1.807) is 0 Å². The summed E-state index contributed by atoms with van der Waals surface area (Å²) in [4.78, 5) is 9.88. The molecule has 0 spiro atoms. The van der Waals surface area contributed by atoms with Crippen LogP contribution in [0.15, 0.2) is 23.1 Å². The molecule has 1 N–H and O–H groups in total. The number of nitro benzene ring substituents is 1. The van der Waals surface area contributed by atoms with Crippen molar-refractivity contribution >= 4 is 15.5 Å². The quantitative estimate of drug-likeness (QED) is 0.640. The third kappa shape index (κ3) is 3.24. The lowest BCUT2D eigenvalue weighted by molar-refractivity contribution is -0.388. The molecule has 1 aromatic rings. The zero-order chi connectivity index (χ0) is 13.2. The molecule has 0 aliphatic rings. The average molecular weight is 259 g/mol. The molecular weight excluding hydrogens is 246 g/mol. The molecule has 94 valence electrons. The summed E-state index contributed by atoms with van der Waals surface area (Å²) in [5.41, 5.74) is -0.233. The second kappa shape index (κ2) is 4.80. The Morgan fingerprint density at radius 2 is 2.06 bits per heavy atom. The lowest BCUT2D eigenvalue weighted by Gasteiger charge is -2.08. The number of aliphatic hydroxyl groups excluding tert-OH is 1. The fraction of sp³-hybridized carbons (Fsp3) is 0.400. The van der Waals surface area contributed by atoms with Crippen LogP contribution in [0.1, 0.15) is 12.5 Å². The second-order valence-corrected chi connectivity index (χ2v) is 5.83. The third-order valence-electron chi connectivity index (χ3n) is 2.18. The number of benzene rings is 1. The Hall–Kier alpha value is -1.47. The highest BCUT2D eigenvalue weighted by Gasteiger charge is 2.26. The summed E-state index contributed by atoms with van der Waals surface area (Å²) in [6, 6.07) is 4.07. The molecule has 17 heavy (non-hydrogen) atoms. The van der Waals surface area contributed by atoms with Crippen LogP contribution in [-0.4, -0.2) is 30.8 Å². The lowest BCUT2D eigenvalue weighted by Crippen LogP contribution is -2.10. The molecule has 1 aromatic carbocycles. The van der Waals surface area contributed by atoms with Crippen LogP contribution in [0.2, 0.25) is 0 Å². The molecule has 0 radical (unpaired) electrons. The first kappa shape index (κ1) is 13.6. The van der Waals surface area contributed by atoms with Crippen molar-refractivity contribution < 1.29 is 18.4 Å². The van der Waals surface area contributed by atoms with Crippen molar-refractivity contribution in [1.82, 2.24) is 0 Å². The molecule has 0 saturated carbocycles. The Morgan fingerprint density at radius 3 is 2.47 bits per heavy atom. The van der Waals surface area contributed by atoms with Gasteiger partial charge in [0.1, 0.15) is 4.90 Å². The second-order valence-electron chi connectivity index (χ2n) is 3.85. The van der Waals surface area contributed by atoms with Crippen LogP contribution in [0.4, 0.5) is 5.69 Å². The van der Waals surface area contributed by atoms with Crippen molar-refractivity contribution in [2.45, 2.75) is 24.3 Å². The van der Waals surface area contributed by atoms with E-state index in [2.05, 4.69) is 0 Å². The highest BCUT2D eigenvalue weighted by atomic mass is 32.2. The van der Waals surface area contributed by atoms with Crippen LogP contribution in [0.3, 0.4) is 0 Å². The number of sulfone groups is 1. The van der Waals surface area contributed by atoms with E-state index in [1.807, 2.05) is 0 Å². The Kier molecular flexibility index (Phi) is 3.84. The first-order valence-electron chi connectivity index (χ1n) is 4.88. The van der Waals surface area contributed by atoms with Crippen LogP contribution in [0.5, 0.6) is 0 Å². The number of hydrogen-bond acceptors (Lipinski definition) is 5. The van der Waals surface area contributed by atoms with Crippen molar-refractivity contribution in [3.63, 3.8) is 0 Å². The van der Waals surface area contributed by atoms with Crippen LogP contribution >= 0.6 is 0 Å². The van der Waals surface area contributed by atoms with Gasteiger partial charge in [-0.25, -0.2) is 8.42 Å². The van der Waals surface area contributed by atoms with E-state index in [0.717, 1.165) is 6.26 Å². The maximum absolute atomic E-state index is 11.4. The summed E-state index contributed by atoms with van der Waals surface area (Å²) >= 11 is 0. The van der Waals surface area contributed by atoms with Crippen molar-refractivity contribution in [3.05, 3.63) is 33.9 Å². The fourth-order valence-electron chi connectivity index (χ4n) is 1.56. The summed E-state index contributed by atoms with van der Waals surface area (Å²) in [5, 5.41) is 20.2. The molecule has 1 atom stereocenters. The predicted molar refractivity (Wildman–Crippen MR) is 61.6 cm³/mol. The van der Waals surface area contributed by atoms with Gasteiger partial charge in [0.25, 0.3) is 5.69 Å². The zero-order valence-electron chi connectivity index (χ0n) is 9.45. The van der Waals surface area contributed by atoms with E-state index in [1.165, 1.54) is 25.1 Å². The summed E-state index contributed by atoms with van der Waals surface area (Å²) < 4.78 is 22.9. The number of nitro groups is 1. The highest BCUT2D eigenvalue weighted by molar-refractivity contribution is 7.90. The first-order chi connectivity index (χ1) is 7.73. The van der Waals surface area contributed by atoms with E-state index in [9.17, 15) is 23.6 Å². The maximum atomic E-state index is 11.4. The van der Waals surface area contributed by atoms with Crippen LogP contribution < -0.4 is 0 Å². The molecule has 0 aromatic heterocycles. The Morgan fingerprint density at radius 1 is 1.47 bits per heavy atom. The van der Waals surface area contributed by atoms with E-state index in [-0.39, 0.29) is 16.9 Å². The van der Waals surface area contributed by atoms with Crippen LogP contribution in [0.25, 0.3) is 0 Å². The first-order valence-corrected chi connectivity index (χ1v) is 6.77. The summed E-state index contributed by atoms with van der Waals surface area (Å²) in [7, 11) is -3.66. The molecule has 0 bridgehead atoms. The molecule has 1 rings (SSSR count). The van der Waals surface area contributed by atoms with Crippen LogP contribution in [-0.2, 0) is 16.3 Å². The largest absolute Gasteiger partial charge is 0.393 e. The van der Waals surface area contributed by atoms with E-state index >= 15 is 0 Å². The maximum Gasteiger partial charge on any atom is 0.291 e. The van der Waals surface area contributed by atoms with Gasteiger partial charge >= 0.3 is 0 Å². The highest BCUT2D eigenvalue weighted by Crippen LogP contribution is 2.28. The molecule has 0 heterocycles. The van der Waals surface area contributed by atoms with Crippen molar-refractivity contribution in [2.24, 2.45) is 0 Å². The van der Waals surface area contributed by atoms with Gasteiger partial charge in [-0.15, -0.1) is 0 Å². The van der Waals surface area contributed by atoms with Gasteiger partial charge < -0.3 is 5.11 Å². The average Bonchev–Trinajstić information content (AvgIpc) is 2.14. The third-order valence-corrected chi connectivity index (χ3v) is 3.31. The summed E-state index contributed by atoms with van der Waals surface area (Å²) in [5.74, 6) is 0.